The molecule has 126 valence electrons. The maximum absolute atomic E-state index is 12.4. The minimum atomic E-state index is -0.472. The molecule has 0 aliphatic carbocycles. The van der Waals surface area contributed by atoms with Gasteiger partial charge in [0.2, 0.25) is 0 Å². The van der Waals surface area contributed by atoms with Crippen molar-refractivity contribution in [3.8, 4) is 5.69 Å². The average molecular weight is 354 g/mol. The minimum absolute atomic E-state index is 0.0344. The number of nitrogens with zero attached hydrogens (tertiary/aromatic N) is 3. The summed E-state index contributed by atoms with van der Waals surface area (Å²) in [6.07, 6.45) is 3.52. The van der Waals surface area contributed by atoms with Crippen LogP contribution in [0.1, 0.15) is 10.5 Å². The molecule has 0 fully saturated rings. The van der Waals surface area contributed by atoms with Gasteiger partial charge in [0.05, 0.1) is 16.3 Å². The lowest BCUT2D eigenvalue weighted by Gasteiger charge is -2.07. The molecule has 0 unspecified atom stereocenters. The topological polar surface area (TPSA) is 90.1 Å². The van der Waals surface area contributed by atoms with Crippen molar-refractivity contribution in [2.75, 3.05) is 11.6 Å². The van der Waals surface area contributed by atoms with E-state index in [1.807, 2.05) is 30.5 Å². The normalized spacial score (nSPS) is 10.4. The maximum atomic E-state index is 12.4. The molecule has 0 aliphatic heterocycles. The fourth-order valence-electron chi connectivity index (χ4n) is 2.27. The van der Waals surface area contributed by atoms with Gasteiger partial charge in [-0.2, -0.15) is 5.10 Å². The minimum Gasteiger partial charge on any atom is -0.320 e. The number of thioether (sulfide) groups is 1. The van der Waals surface area contributed by atoms with E-state index < -0.39 is 4.92 Å². The summed E-state index contributed by atoms with van der Waals surface area (Å²) in [4.78, 5) is 23.7. The van der Waals surface area contributed by atoms with Crippen LogP contribution in [0.25, 0.3) is 5.69 Å². The van der Waals surface area contributed by atoms with Crippen molar-refractivity contribution >= 4 is 29.0 Å². The second-order valence-corrected chi connectivity index (χ2v) is 5.92. The number of carbonyl (C=O) groups excluding carboxylic acids is 1. The molecule has 25 heavy (non-hydrogen) atoms. The van der Waals surface area contributed by atoms with Crippen molar-refractivity contribution in [2.45, 2.75) is 4.90 Å². The summed E-state index contributed by atoms with van der Waals surface area (Å²) in [7, 11) is 0. The number of non-ortho nitro benzene ring substituents is 1. The predicted molar refractivity (Wildman–Crippen MR) is 96.4 cm³/mol. The molecular weight excluding hydrogens is 340 g/mol. The second kappa shape index (κ2) is 7.18. The lowest BCUT2D eigenvalue weighted by atomic mass is 10.3. The van der Waals surface area contributed by atoms with Gasteiger partial charge < -0.3 is 5.32 Å². The Kier molecular flexibility index (Phi) is 4.80. The van der Waals surface area contributed by atoms with Crippen LogP contribution < -0.4 is 5.32 Å². The number of aromatic nitrogens is 2. The summed E-state index contributed by atoms with van der Waals surface area (Å²) in [6.45, 7) is 0. The summed E-state index contributed by atoms with van der Waals surface area (Å²) < 4.78 is 1.43. The van der Waals surface area contributed by atoms with Crippen LogP contribution in [0.2, 0.25) is 0 Å². The lowest BCUT2D eigenvalue weighted by Crippen LogP contribution is -2.13. The van der Waals surface area contributed by atoms with Crippen LogP contribution in [-0.4, -0.2) is 26.9 Å². The summed E-state index contributed by atoms with van der Waals surface area (Å²) in [5.74, 6) is -0.342. The van der Waals surface area contributed by atoms with E-state index in [0.29, 0.717) is 11.4 Å². The Bertz CT molecular complexity index is 939. The van der Waals surface area contributed by atoms with E-state index in [0.717, 1.165) is 4.90 Å². The summed E-state index contributed by atoms with van der Waals surface area (Å²) in [5, 5.41) is 17.9. The second-order valence-electron chi connectivity index (χ2n) is 5.08. The molecule has 0 bridgehead atoms. The van der Waals surface area contributed by atoms with E-state index in [-0.39, 0.29) is 17.3 Å². The standard InChI is InChI=1S/C17H14N4O3S/c1-25-16-8-3-2-7-14(16)18-17(22)15-9-10-20(19-15)12-5-4-6-13(11-12)21(23)24/h2-11H,1H3,(H,18,22). The largest absolute Gasteiger partial charge is 0.320 e. The van der Waals surface area contributed by atoms with Crippen molar-refractivity contribution in [1.29, 1.82) is 0 Å². The van der Waals surface area contributed by atoms with Crippen LogP contribution in [0.3, 0.4) is 0 Å². The first kappa shape index (κ1) is 16.7. The highest BCUT2D eigenvalue weighted by Gasteiger charge is 2.13. The molecule has 1 N–H and O–H groups in total. The number of benzene rings is 2. The zero-order valence-electron chi connectivity index (χ0n) is 13.2. The van der Waals surface area contributed by atoms with Crippen LogP contribution >= 0.6 is 11.8 Å². The number of nitrogens with one attached hydrogen (secondary N) is 1. The van der Waals surface area contributed by atoms with Gasteiger partial charge in [0, 0.05) is 23.2 Å². The van der Waals surface area contributed by atoms with Gasteiger partial charge >= 0.3 is 0 Å². The predicted octanol–water partition coefficient (Wildman–Crippen LogP) is 3.75. The van der Waals surface area contributed by atoms with Crippen molar-refractivity contribution in [2.24, 2.45) is 0 Å². The fourth-order valence-corrected chi connectivity index (χ4v) is 2.83. The van der Waals surface area contributed by atoms with Gasteiger partial charge in [0.15, 0.2) is 5.69 Å². The molecule has 3 rings (SSSR count). The molecule has 7 nitrogen and oxygen atoms in total. The van der Waals surface area contributed by atoms with Crippen molar-refractivity contribution < 1.29 is 9.72 Å². The average Bonchev–Trinajstić information content (AvgIpc) is 3.12. The van der Waals surface area contributed by atoms with Crippen molar-refractivity contribution in [1.82, 2.24) is 9.78 Å². The molecule has 1 heterocycles. The number of para-hydroxylation sites is 1. The molecule has 0 aliphatic rings. The van der Waals surface area contributed by atoms with Crippen molar-refractivity contribution in [3.05, 3.63) is 76.6 Å². The Hall–Kier alpha value is -3.13. The SMILES string of the molecule is CSc1ccccc1NC(=O)c1ccn(-c2cccc([N+](=O)[O-])c2)n1. The number of anilines is 1. The molecular formula is C17H14N4O3S. The van der Waals surface area contributed by atoms with Crippen LogP contribution in [0.5, 0.6) is 0 Å². The molecule has 8 heteroatoms. The molecule has 0 spiro atoms. The number of carbonyl (C=O) groups is 1. The van der Waals surface area contributed by atoms with Crippen molar-refractivity contribution in [3.63, 3.8) is 0 Å². The zero-order chi connectivity index (χ0) is 17.8. The zero-order valence-corrected chi connectivity index (χ0v) is 14.1. The Balaban J connectivity index is 1.82. The Morgan fingerprint density at radius 1 is 1.20 bits per heavy atom. The molecule has 1 aromatic heterocycles. The molecule has 1 amide bonds. The van der Waals surface area contributed by atoms with E-state index in [1.54, 1.807) is 24.4 Å². The van der Waals surface area contributed by atoms with Crippen LogP contribution in [0.15, 0.2) is 65.7 Å². The number of nitro groups is 1. The first-order chi connectivity index (χ1) is 12.1. The van der Waals surface area contributed by atoms with Gasteiger partial charge in [-0.3, -0.25) is 14.9 Å². The third kappa shape index (κ3) is 3.69. The quantitative estimate of drug-likeness (QED) is 0.428. The number of hydrogen-bond acceptors (Lipinski definition) is 5. The van der Waals surface area contributed by atoms with Gasteiger partial charge in [-0.05, 0) is 30.5 Å². The van der Waals surface area contributed by atoms with Gasteiger partial charge in [-0.1, -0.05) is 18.2 Å². The van der Waals surface area contributed by atoms with Gasteiger partial charge in [0.25, 0.3) is 11.6 Å². The third-order valence-corrected chi connectivity index (χ3v) is 4.28. The molecule has 0 radical (unpaired) electrons. The van der Waals surface area contributed by atoms with E-state index in [1.165, 1.54) is 28.6 Å². The molecule has 0 saturated carbocycles. The molecule has 0 saturated heterocycles. The van der Waals surface area contributed by atoms with Gasteiger partial charge in [-0.15, -0.1) is 11.8 Å². The first-order valence-electron chi connectivity index (χ1n) is 7.33. The molecule has 0 atom stereocenters. The van der Waals surface area contributed by atoms with E-state index in [2.05, 4.69) is 10.4 Å². The van der Waals surface area contributed by atoms with Crippen LogP contribution in [0.4, 0.5) is 11.4 Å². The highest BCUT2D eigenvalue weighted by Crippen LogP contribution is 2.25. The third-order valence-electron chi connectivity index (χ3n) is 3.48. The maximum Gasteiger partial charge on any atom is 0.276 e. The Labute approximate surface area is 147 Å². The monoisotopic (exact) mass is 354 g/mol. The summed E-state index contributed by atoms with van der Waals surface area (Å²) in [6, 6.07) is 15.1. The van der Waals surface area contributed by atoms with E-state index >= 15 is 0 Å². The highest BCUT2D eigenvalue weighted by molar-refractivity contribution is 7.98. The van der Waals surface area contributed by atoms with Gasteiger partial charge in [-0.25, -0.2) is 4.68 Å². The summed E-state index contributed by atoms with van der Waals surface area (Å²) >= 11 is 1.53. The number of rotatable bonds is 5. The highest BCUT2D eigenvalue weighted by atomic mass is 32.2. The number of amides is 1. The summed E-state index contributed by atoms with van der Waals surface area (Å²) in [5.41, 5.74) is 1.41. The van der Waals surface area contributed by atoms with E-state index in [4.69, 9.17) is 0 Å². The number of nitro benzene ring substituents is 1. The smallest absolute Gasteiger partial charge is 0.276 e. The lowest BCUT2D eigenvalue weighted by molar-refractivity contribution is -0.384. The Morgan fingerprint density at radius 3 is 2.76 bits per heavy atom. The van der Waals surface area contributed by atoms with Crippen LogP contribution in [0, 0.1) is 10.1 Å². The van der Waals surface area contributed by atoms with Gasteiger partial charge in [0.1, 0.15) is 0 Å². The molecule has 2 aromatic carbocycles. The molecule has 3 aromatic rings. The van der Waals surface area contributed by atoms with Crippen LogP contribution in [-0.2, 0) is 0 Å². The first-order valence-corrected chi connectivity index (χ1v) is 8.56. The Morgan fingerprint density at radius 2 is 2.00 bits per heavy atom. The van der Waals surface area contributed by atoms with E-state index in [9.17, 15) is 14.9 Å². The number of hydrogen-bond donors (Lipinski definition) is 1. The fraction of sp³-hybridized carbons (Fsp3) is 0.0588.